The molecule has 0 saturated carbocycles. The lowest BCUT2D eigenvalue weighted by atomic mass is 10.1. The molecule has 0 aliphatic rings. The average Bonchev–Trinajstić information content (AvgIpc) is 2.63. The first-order chi connectivity index (χ1) is 13.1. The van der Waals surface area contributed by atoms with Crippen molar-refractivity contribution >= 4 is 31.5 Å². The van der Waals surface area contributed by atoms with Gasteiger partial charge in [-0.2, -0.15) is 0 Å². The van der Waals surface area contributed by atoms with E-state index in [0.29, 0.717) is 29.7 Å². The van der Waals surface area contributed by atoms with Crippen molar-refractivity contribution in [3.63, 3.8) is 0 Å². The van der Waals surface area contributed by atoms with Gasteiger partial charge in [-0.15, -0.1) is 0 Å². The summed E-state index contributed by atoms with van der Waals surface area (Å²) in [4.78, 5) is 8.55. The molecule has 0 unspecified atom stereocenters. The van der Waals surface area contributed by atoms with E-state index < -0.39 is 8.32 Å². The second kappa shape index (κ2) is 9.54. The highest BCUT2D eigenvalue weighted by molar-refractivity contribution is 6.74. The predicted molar refractivity (Wildman–Crippen MR) is 119 cm³/mol. The van der Waals surface area contributed by atoms with Gasteiger partial charge in [-0.3, -0.25) is 0 Å². The summed E-state index contributed by atoms with van der Waals surface area (Å²) < 4.78 is 11.7. The highest BCUT2D eigenvalue weighted by atomic mass is 35.5. The Balaban J connectivity index is 1.99. The van der Waals surface area contributed by atoms with Gasteiger partial charge in [0.05, 0.1) is 17.8 Å². The monoisotopic (exact) mass is 441 g/mol. The van der Waals surface area contributed by atoms with E-state index in [0.717, 1.165) is 17.7 Å². The molecule has 0 spiro atoms. The minimum absolute atomic E-state index is 0.215. The standard InChI is InChI=1S/C20H29Cl2N3O2Si/c1-20(2,3)28(5,6)27-12-11-23-13-14-7-8-16(25-19(14)26-4)15-9-10-24-18(22)17(15)21/h7-10,23H,11-13H2,1-6H3. The van der Waals surface area contributed by atoms with Crippen molar-refractivity contribution in [1.29, 1.82) is 0 Å². The molecule has 0 amide bonds. The van der Waals surface area contributed by atoms with Crippen molar-refractivity contribution in [2.75, 3.05) is 20.3 Å². The molecule has 154 valence electrons. The minimum atomic E-state index is -1.71. The van der Waals surface area contributed by atoms with E-state index in [-0.39, 0.29) is 10.2 Å². The summed E-state index contributed by atoms with van der Waals surface area (Å²) in [6.07, 6.45) is 1.61. The van der Waals surface area contributed by atoms with Gasteiger partial charge in [0, 0.05) is 37.0 Å². The summed E-state index contributed by atoms with van der Waals surface area (Å²) >= 11 is 12.3. The van der Waals surface area contributed by atoms with Crippen LogP contribution in [0, 0.1) is 0 Å². The van der Waals surface area contributed by atoms with E-state index >= 15 is 0 Å². The molecule has 2 heterocycles. The van der Waals surface area contributed by atoms with Gasteiger partial charge in [0.25, 0.3) is 0 Å². The summed E-state index contributed by atoms with van der Waals surface area (Å²) in [5.41, 5.74) is 2.38. The predicted octanol–water partition coefficient (Wildman–Crippen LogP) is 5.57. The maximum absolute atomic E-state index is 6.25. The Morgan fingerprint density at radius 3 is 2.50 bits per heavy atom. The maximum Gasteiger partial charge on any atom is 0.218 e. The summed E-state index contributed by atoms with van der Waals surface area (Å²) in [5, 5.41) is 4.25. The van der Waals surface area contributed by atoms with Crippen molar-refractivity contribution in [2.45, 2.75) is 45.4 Å². The van der Waals surface area contributed by atoms with Crippen LogP contribution in [0.5, 0.6) is 5.88 Å². The number of ether oxygens (including phenoxy) is 1. The van der Waals surface area contributed by atoms with Crippen LogP contribution < -0.4 is 10.1 Å². The number of methoxy groups -OCH3 is 1. The zero-order valence-electron chi connectivity index (χ0n) is 17.4. The van der Waals surface area contributed by atoms with E-state index in [1.807, 2.05) is 12.1 Å². The molecule has 0 aliphatic carbocycles. The average molecular weight is 442 g/mol. The van der Waals surface area contributed by atoms with Crippen molar-refractivity contribution in [3.8, 4) is 17.1 Å². The first-order valence-corrected chi connectivity index (χ1v) is 12.9. The number of nitrogens with one attached hydrogen (secondary N) is 1. The van der Waals surface area contributed by atoms with Gasteiger partial charge in [0.15, 0.2) is 8.32 Å². The lowest BCUT2D eigenvalue weighted by Crippen LogP contribution is -2.42. The molecular weight excluding hydrogens is 413 g/mol. The molecule has 2 rings (SSSR count). The fourth-order valence-electron chi connectivity index (χ4n) is 2.36. The Kier molecular flexibility index (Phi) is 7.87. The van der Waals surface area contributed by atoms with Crippen LogP contribution in [0.4, 0.5) is 0 Å². The first-order valence-electron chi connectivity index (χ1n) is 9.26. The van der Waals surface area contributed by atoms with Crippen LogP contribution in [0.25, 0.3) is 11.3 Å². The van der Waals surface area contributed by atoms with Crippen molar-refractivity contribution < 1.29 is 9.16 Å². The summed E-state index contributed by atoms with van der Waals surface area (Å²) in [6.45, 7) is 13.3. The SMILES string of the molecule is COc1nc(-c2ccnc(Cl)c2Cl)ccc1CNCCO[Si](C)(C)C(C)(C)C. The van der Waals surface area contributed by atoms with Gasteiger partial charge >= 0.3 is 0 Å². The molecule has 0 aromatic carbocycles. The Morgan fingerprint density at radius 1 is 1.14 bits per heavy atom. The van der Waals surface area contributed by atoms with Gasteiger partial charge in [-0.25, -0.2) is 9.97 Å². The van der Waals surface area contributed by atoms with Crippen LogP contribution in [-0.4, -0.2) is 38.5 Å². The number of nitrogens with zero attached hydrogens (tertiary/aromatic N) is 2. The van der Waals surface area contributed by atoms with Crippen molar-refractivity contribution in [1.82, 2.24) is 15.3 Å². The molecule has 0 aliphatic heterocycles. The first kappa shape index (κ1) is 23.1. The van der Waals surface area contributed by atoms with Crippen LogP contribution in [0.1, 0.15) is 26.3 Å². The second-order valence-corrected chi connectivity index (χ2v) is 13.7. The van der Waals surface area contributed by atoms with Gasteiger partial charge < -0.3 is 14.5 Å². The number of pyridine rings is 2. The molecule has 2 aromatic rings. The Bertz CT molecular complexity index is 811. The molecule has 0 atom stereocenters. The smallest absolute Gasteiger partial charge is 0.218 e. The van der Waals surface area contributed by atoms with Gasteiger partial charge in [-0.05, 0) is 30.3 Å². The molecular formula is C20H29Cl2N3O2Si. The number of hydrogen-bond acceptors (Lipinski definition) is 5. The summed E-state index contributed by atoms with van der Waals surface area (Å²) in [5.74, 6) is 0.555. The molecule has 1 N–H and O–H groups in total. The third-order valence-electron chi connectivity index (χ3n) is 5.12. The molecule has 0 bridgehead atoms. The van der Waals surface area contributed by atoms with E-state index in [2.05, 4.69) is 49.1 Å². The molecule has 0 radical (unpaired) electrons. The van der Waals surface area contributed by atoms with Gasteiger partial charge in [0.1, 0.15) is 5.15 Å². The third-order valence-corrected chi connectivity index (χ3v) is 10.4. The zero-order chi connectivity index (χ0) is 20.9. The lowest BCUT2D eigenvalue weighted by molar-refractivity contribution is 0.285. The van der Waals surface area contributed by atoms with Crippen LogP contribution >= 0.6 is 23.2 Å². The summed E-state index contributed by atoms with van der Waals surface area (Å²) in [6, 6.07) is 5.67. The quantitative estimate of drug-likeness (QED) is 0.329. The normalized spacial score (nSPS) is 12.3. The number of rotatable bonds is 8. The number of aromatic nitrogens is 2. The largest absolute Gasteiger partial charge is 0.481 e. The topological polar surface area (TPSA) is 56.3 Å². The molecule has 0 saturated heterocycles. The highest BCUT2D eigenvalue weighted by Crippen LogP contribution is 2.36. The highest BCUT2D eigenvalue weighted by Gasteiger charge is 2.36. The molecule has 28 heavy (non-hydrogen) atoms. The maximum atomic E-state index is 6.25. The van der Waals surface area contributed by atoms with Crippen molar-refractivity contribution in [3.05, 3.63) is 40.1 Å². The van der Waals surface area contributed by atoms with Crippen LogP contribution in [0.2, 0.25) is 28.3 Å². The third kappa shape index (κ3) is 5.67. The van der Waals surface area contributed by atoms with E-state index in [1.54, 1.807) is 19.4 Å². The molecule has 5 nitrogen and oxygen atoms in total. The molecule has 2 aromatic heterocycles. The van der Waals surface area contributed by atoms with E-state index in [4.69, 9.17) is 32.4 Å². The summed E-state index contributed by atoms with van der Waals surface area (Å²) in [7, 11) is -0.104. The molecule has 8 heteroatoms. The number of hydrogen-bond donors (Lipinski definition) is 1. The minimum Gasteiger partial charge on any atom is -0.481 e. The van der Waals surface area contributed by atoms with Gasteiger partial charge in [-0.1, -0.05) is 50.0 Å². The van der Waals surface area contributed by atoms with Crippen LogP contribution in [-0.2, 0) is 11.0 Å². The second-order valence-electron chi connectivity index (χ2n) is 8.11. The fourth-order valence-corrected chi connectivity index (χ4v) is 3.78. The lowest BCUT2D eigenvalue weighted by Gasteiger charge is -2.36. The van der Waals surface area contributed by atoms with Crippen LogP contribution in [0.3, 0.4) is 0 Å². The Morgan fingerprint density at radius 2 is 1.86 bits per heavy atom. The molecule has 0 fully saturated rings. The fraction of sp³-hybridized carbons (Fsp3) is 0.500. The van der Waals surface area contributed by atoms with Crippen LogP contribution in [0.15, 0.2) is 24.4 Å². The number of halogens is 2. The van der Waals surface area contributed by atoms with Crippen molar-refractivity contribution in [2.24, 2.45) is 0 Å². The Hall–Kier alpha value is -1.18. The Labute approximate surface area is 178 Å². The van der Waals surface area contributed by atoms with E-state index in [9.17, 15) is 0 Å². The van der Waals surface area contributed by atoms with Gasteiger partial charge in [0.2, 0.25) is 5.88 Å². The van der Waals surface area contributed by atoms with E-state index in [1.165, 1.54) is 0 Å². The zero-order valence-corrected chi connectivity index (χ0v) is 19.9.